The van der Waals surface area contributed by atoms with E-state index in [-0.39, 0.29) is 6.10 Å². The second-order valence-corrected chi connectivity index (χ2v) is 6.76. The largest absolute Gasteiger partial charge is 0.370 e. The fourth-order valence-corrected chi connectivity index (χ4v) is 4.14. The van der Waals surface area contributed by atoms with E-state index in [9.17, 15) is 0 Å². The van der Waals surface area contributed by atoms with E-state index in [4.69, 9.17) is 9.84 Å². The van der Waals surface area contributed by atoms with Crippen LogP contribution < -0.4 is 5.32 Å². The normalized spacial score (nSPS) is 31.1. The van der Waals surface area contributed by atoms with Crippen LogP contribution in [0.1, 0.15) is 55.5 Å². The molecule has 0 aliphatic carbocycles. The molecule has 2 fully saturated rings. The Labute approximate surface area is 121 Å². The molecule has 4 rings (SSSR count). The van der Waals surface area contributed by atoms with E-state index in [2.05, 4.69) is 22.4 Å². The highest BCUT2D eigenvalue weighted by atomic mass is 32.1. The van der Waals surface area contributed by atoms with E-state index in [1.165, 1.54) is 5.01 Å². The van der Waals surface area contributed by atoms with Gasteiger partial charge in [-0.25, -0.2) is 0 Å². The molecule has 2 saturated heterocycles. The van der Waals surface area contributed by atoms with Crippen molar-refractivity contribution in [3.8, 4) is 0 Å². The second kappa shape index (κ2) is 5.05. The van der Waals surface area contributed by atoms with Crippen LogP contribution >= 0.6 is 11.3 Å². The monoisotopic (exact) mass is 293 g/mol. The molecule has 0 bridgehead atoms. The van der Waals surface area contributed by atoms with Crippen LogP contribution in [0.3, 0.4) is 0 Å². The topological polar surface area (TPSA) is 64.3 Å². The van der Waals surface area contributed by atoms with Crippen molar-refractivity contribution in [1.82, 2.24) is 25.1 Å². The van der Waals surface area contributed by atoms with E-state index in [1.54, 1.807) is 11.3 Å². The van der Waals surface area contributed by atoms with Gasteiger partial charge in [-0.1, -0.05) is 11.3 Å². The first-order chi connectivity index (χ1) is 9.81. The molecular weight excluding hydrogens is 274 g/mol. The maximum absolute atomic E-state index is 5.71. The zero-order valence-electron chi connectivity index (χ0n) is 11.6. The number of piperidine rings is 1. The fraction of sp³-hybridized carbons (Fsp3) is 0.769. The van der Waals surface area contributed by atoms with Gasteiger partial charge in [-0.2, -0.15) is 9.61 Å². The second-order valence-electron chi connectivity index (χ2n) is 5.77. The molecule has 2 aliphatic rings. The number of nitrogens with zero attached hydrogens (tertiary/aromatic N) is 4. The van der Waals surface area contributed by atoms with E-state index in [1.807, 2.05) is 4.52 Å². The molecule has 0 amide bonds. The minimum Gasteiger partial charge on any atom is -0.370 e. The van der Waals surface area contributed by atoms with Gasteiger partial charge in [0.2, 0.25) is 4.96 Å². The maximum Gasteiger partial charge on any atom is 0.234 e. The van der Waals surface area contributed by atoms with Gasteiger partial charge < -0.3 is 10.1 Å². The lowest BCUT2D eigenvalue weighted by Crippen LogP contribution is -2.34. The molecule has 1 N–H and O–H groups in total. The van der Waals surface area contributed by atoms with E-state index in [0.29, 0.717) is 12.0 Å². The van der Waals surface area contributed by atoms with Gasteiger partial charge in [0.05, 0.1) is 0 Å². The zero-order valence-corrected chi connectivity index (χ0v) is 12.4. The molecule has 7 heteroatoms. The van der Waals surface area contributed by atoms with Crippen molar-refractivity contribution in [2.45, 2.75) is 50.7 Å². The summed E-state index contributed by atoms with van der Waals surface area (Å²) in [5.74, 6) is 1.43. The number of hydrogen-bond acceptors (Lipinski definition) is 6. The Morgan fingerprint density at radius 2 is 2.30 bits per heavy atom. The molecule has 2 aromatic heterocycles. The Bertz CT molecular complexity index is 603. The quantitative estimate of drug-likeness (QED) is 0.916. The molecule has 3 atom stereocenters. The predicted molar refractivity (Wildman–Crippen MR) is 76.0 cm³/mol. The van der Waals surface area contributed by atoms with Gasteiger partial charge in [0.25, 0.3) is 0 Å². The lowest BCUT2D eigenvalue weighted by atomic mass is 9.94. The summed E-state index contributed by atoms with van der Waals surface area (Å²) in [6.07, 6.45) is 4.51. The first-order valence-corrected chi connectivity index (χ1v) is 8.20. The minimum absolute atomic E-state index is 0.0758. The van der Waals surface area contributed by atoms with Crippen molar-refractivity contribution in [2.24, 2.45) is 0 Å². The highest BCUT2D eigenvalue weighted by molar-refractivity contribution is 7.16. The van der Waals surface area contributed by atoms with Crippen LogP contribution in [0.25, 0.3) is 4.96 Å². The molecule has 6 nitrogen and oxygen atoms in total. The Morgan fingerprint density at radius 3 is 3.10 bits per heavy atom. The van der Waals surface area contributed by atoms with Crippen LogP contribution in [0.5, 0.6) is 0 Å². The van der Waals surface area contributed by atoms with Crippen molar-refractivity contribution in [3.63, 3.8) is 0 Å². The highest BCUT2D eigenvalue weighted by Gasteiger charge is 2.27. The molecule has 3 unspecified atom stereocenters. The summed E-state index contributed by atoms with van der Waals surface area (Å²) in [6, 6.07) is 0.570. The minimum atomic E-state index is 0.0758. The Balaban J connectivity index is 1.65. The summed E-state index contributed by atoms with van der Waals surface area (Å²) in [6.45, 7) is 4.14. The number of nitrogens with one attached hydrogen (secondary N) is 1. The SMILES string of the molecule is CC1CC(c2nn3c(C4CCCO4)nnc3s2)CCN1. The molecule has 0 saturated carbocycles. The average molecular weight is 293 g/mol. The number of ether oxygens (including phenoxy) is 1. The zero-order chi connectivity index (χ0) is 13.5. The molecule has 0 radical (unpaired) electrons. The number of rotatable bonds is 2. The Hall–Kier alpha value is -1.05. The van der Waals surface area contributed by atoms with Gasteiger partial charge in [-0.05, 0) is 39.2 Å². The van der Waals surface area contributed by atoms with Crippen LogP contribution in [0, 0.1) is 0 Å². The number of aromatic nitrogens is 4. The van der Waals surface area contributed by atoms with E-state index >= 15 is 0 Å². The van der Waals surface area contributed by atoms with Gasteiger partial charge in [-0.3, -0.25) is 0 Å². The van der Waals surface area contributed by atoms with Gasteiger partial charge in [0.15, 0.2) is 5.82 Å². The standard InChI is InChI=1S/C13H19N5OS/c1-8-7-9(4-5-14-8)12-17-18-11(10-3-2-6-19-10)15-16-13(18)20-12/h8-10,14H,2-7H2,1H3. The molecule has 0 aromatic carbocycles. The van der Waals surface area contributed by atoms with Crippen molar-refractivity contribution in [1.29, 1.82) is 0 Å². The van der Waals surface area contributed by atoms with Crippen molar-refractivity contribution >= 4 is 16.3 Å². The van der Waals surface area contributed by atoms with Crippen LogP contribution in [0.15, 0.2) is 0 Å². The summed E-state index contributed by atoms with van der Waals surface area (Å²) in [4.78, 5) is 0.900. The van der Waals surface area contributed by atoms with Crippen molar-refractivity contribution in [3.05, 3.63) is 10.8 Å². The van der Waals surface area contributed by atoms with Crippen molar-refractivity contribution < 1.29 is 4.74 Å². The smallest absolute Gasteiger partial charge is 0.234 e. The van der Waals surface area contributed by atoms with Gasteiger partial charge in [0, 0.05) is 18.6 Å². The Morgan fingerprint density at radius 1 is 1.35 bits per heavy atom. The first-order valence-electron chi connectivity index (χ1n) is 7.38. The van der Waals surface area contributed by atoms with Crippen LogP contribution in [0.4, 0.5) is 0 Å². The third-order valence-electron chi connectivity index (χ3n) is 4.22. The lowest BCUT2D eigenvalue weighted by Gasteiger charge is -2.26. The lowest BCUT2D eigenvalue weighted by molar-refractivity contribution is 0.103. The third kappa shape index (κ3) is 2.13. The van der Waals surface area contributed by atoms with Gasteiger partial charge >= 0.3 is 0 Å². The highest BCUT2D eigenvalue weighted by Crippen LogP contribution is 2.33. The van der Waals surface area contributed by atoms with E-state index < -0.39 is 0 Å². The molecule has 20 heavy (non-hydrogen) atoms. The van der Waals surface area contributed by atoms with Crippen LogP contribution in [0.2, 0.25) is 0 Å². The average Bonchev–Trinajstić information content (AvgIpc) is 3.14. The number of fused-ring (bicyclic) bond motifs is 1. The summed E-state index contributed by atoms with van der Waals surface area (Å²) in [5.41, 5.74) is 0. The van der Waals surface area contributed by atoms with Crippen molar-refractivity contribution in [2.75, 3.05) is 13.2 Å². The summed E-state index contributed by atoms with van der Waals surface area (Å²) in [5, 5.41) is 18.0. The molecule has 108 valence electrons. The summed E-state index contributed by atoms with van der Waals surface area (Å²) < 4.78 is 7.61. The molecule has 2 aliphatic heterocycles. The molecular formula is C13H19N5OS. The maximum atomic E-state index is 5.71. The number of hydrogen-bond donors (Lipinski definition) is 1. The fourth-order valence-electron chi connectivity index (χ4n) is 3.15. The molecule has 0 spiro atoms. The van der Waals surface area contributed by atoms with Gasteiger partial charge in [-0.15, -0.1) is 10.2 Å². The third-order valence-corrected chi connectivity index (χ3v) is 5.28. The molecule has 2 aromatic rings. The first kappa shape index (κ1) is 12.7. The Kier molecular flexibility index (Phi) is 3.20. The van der Waals surface area contributed by atoms with Crippen LogP contribution in [-0.2, 0) is 4.74 Å². The summed E-state index contributed by atoms with van der Waals surface area (Å²) in [7, 11) is 0. The summed E-state index contributed by atoms with van der Waals surface area (Å²) >= 11 is 1.68. The predicted octanol–water partition coefficient (Wildman–Crippen LogP) is 1.89. The van der Waals surface area contributed by atoms with E-state index in [0.717, 1.165) is 49.6 Å². The molecule has 4 heterocycles. The van der Waals surface area contributed by atoms with Crippen LogP contribution in [-0.4, -0.2) is 39.0 Å². The van der Waals surface area contributed by atoms with Gasteiger partial charge in [0.1, 0.15) is 11.1 Å².